The van der Waals surface area contributed by atoms with Crippen LogP contribution in [0, 0.1) is 17.8 Å². The van der Waals surface area contributed by atoms with Gasteiger partial charge in [-0.25, -0.2) is 0 Å². The molecule has 0 aromatic carbocycles. The SMILES string of the molecule is CC1CCC(C(N)C(C)(C)N2CCCCC2)CC1C. The molecule has 2 nitrogen and oxygen atoms in total. The number of hydrogen-bond donors (Lipinski definition) is 1. The highest BCUT2D eigenvalue weighted by Gasteiger charge is 2.40. The highest BCUT2D eigenvalue weighted by atomic mass is 15.2. The van der Waals surface area contributed by atoms with Crippen LogP contribution in [0.25, 0.3) is 0 Å². The molecule has 0 aromatic heterocycles. The molecule has 4 atom stereocenters. The van der Waals surface area contributed by atoms with Crippen molar-refractivity contribution < 1.29 is 0 Å². The first-order valence-electron chi connectivity index (χ1n) is 8.43. The highest BCUT2D eigenvalue weighted by Crippen LogP contribution is 2.38. The van der Waals surface area contributed by atoms with E-state index in [0.717, 1.165) is 17.8 Å². The van der Waals surface area contributed by atoms with Gasteiger partial charge in [0.25, 0.3) is 0 Å². The Hall–Kier alpha value is -0.0800. The van der Waals surface area contributed by atoms with Crippen LogP contribution in [-0.2, 0) is 0 Å². The predicted octanol–water partition coefficient (Wildman–Crippen LogP) is 3.65. The lowest BCUT2D eigenvalue weighted by atomic mass is 9.69. The van der Waals surface area contributed by atoms with Crippen molar-refractivity contribution >= 4 is 0 Å². The molecule has 1 heterocycles. The summed E-state index contributed by atoms with van der Waals surface area (Å²) in [6.45, 7) is 12.1. The van der Waals surface area contributed by atoms with E-state index in [1.807, 2.05) is 0 Å². The van der Waals surface area contributed by atoms with Crippen LogP contribution in [0.15, 0.2) is 0 Å². The summed E-state index contributed by atoms with van der Waals surface area (Å²) < 4.78 is 0. The van der Waals surface area contributed by atoms with Gasteiger partial charge in [0.1, 0.15) is 0 Å². The molecule has 0 amide bonds. The molecule has 112 valence electrons. The average molecular weight is 266 g/mol. The van der Waals surface area contributed by atoms with Gasteiger partial charge in [0.2, 0.25) is 0 Å². The number of nitrogens with two attached hydrogens (primary N) is 1. The number of nitrogens with zero attached hydrogens (tertiary/aromatic N) is 1. The molecule has 2 rings (SSSR count). The van der Waals surface area contributed by atoms with E-state index < -0.39 is 0 Å². The zero-order chi connectivity index (χ0) is 14.0. The minimum Gasteiger partial charge on any atom is -0.326 e. The molecule has 2 heteroatoms. The van der Waals surface area contributed by atoms with Crippen LogP contribution >= 0.6 is 0 Å². The van der Waals surface area contributed by atoms with Crippen LogP contribution in [0.2, 0.25) is 0 Å². The van der Waals surface area contributed by atoms with Crippen LogP contribution in [0.1, 0.15) is 66.2 Å². The second-order valence-electron chi connectivity index (χ2n) is 7.75. The van der Waals surface area contributed by atoms with Gasteiger partial charge in [0, 0.05) is 11.6 Å². The van der Waals surface area contributed by atoms with Crippen molar-refractivity contribution in [3.8, 4) is 0 Å². The normalized spacial score (nSPS) is 36.2. The lowest BCUT2D eigenvalue weighted by Gasteiger charge is -2.49. The van der Waals surface area contributed by atoms with E-state index in [2.05, 4.69) is 32.6 Å². The van der Waals surface area contributed by atoms with E-state index >= 15 is 0 Å². The highest BCUT2D eigenvalue weighted by molar-refractivity contribution is 4.97. The summed E-state index contributed by atoms with van der Waals surface area (Å²) in [4.78, 5) is 2.66. The summed E-state index contributed by atoms with van der Waals surface area (Å²) in [6, 6.07) is 0.334. The van der Waals surface area contributed by atoms with Crippen molar-refractivity contribution in [1.29, 1.82) is 0 Å². The van der Waals surface area contributed by atoms with Gasteiger partial charge in [-0.1, -0.05) is 26.7 Å². The second kappa shape index (κ2) is 6.13. The molecule has 0 aromatic rings. The Bertz CT molecular complexity index is 281. The zero-order valence-electron chi connectivity index (χ0n) is 13.5. The Morgan fingerprint density at radius 2 is 1.63 bits per heavy atom. The Labute approximate surface area is 120 Å². The van der Waals surface area contributed by atoms with Gasteiger partial charge in [-0.2, -0.15) is 0 Å². The summed E-state index contributed by atoms with van der Waals surface area (Å²) in [7, 11) is 0. The predicted molar refractivity (Wildman–Crippen MR) is 83.1 cm³/mol. The molecule has 1 aliphatic carbocycles. The van der Waals surface area contributed by atoms with Crippen LogP contribution in [-0.4, -0.2) is 29.6 Å². The van der Waals surface area contributed by atoms with Gasteiger partial charge in [-0.05, 0) is 70.4 Å². The smallest absolute Gasteiger partial charge is 0.0306 e. The molecule has 2 N–H and O–H groups in total. The van der Waals surface area contributed by atoms with E-state index in [0.29, 0.717) is 6.04 Å². The summed E-state index contributed by atoms with van der Waals surface area (Å²) in [5, 5.41) is 0. The number of rotatable bonds is 3. The van der Waals surface area contributed by atoms with Crippen LogP contribution in [0.4, 0.5) is 0 Å². The largest absolute Gasteiger partial charge is 0.326 e. The molecule has 0 bridgehead atoms. The summed E-state index contributed by atoms with van der Waals surface area (Å²) in [5.74, 6) is 2.46. The Morgan fingerprint density at radius 3 is 2.21 bits per heavy atom. The molecule has 0 spiro atoms. The van der Waals surface area contributed by atoms with Crippen molar-refractivity contribution in [1.82, 2.24) is 4.90 Å². The molecular weight excluding hydrogens is 232 g/mol. The topological polar surface area (TPSA) is 29.3 Å². The van der Waals surface area contributed by atoms with Crippen molar-refractivity contribution in [2.24, 2.45) is 23.5 Å². The van der Waals surface area contributed by atoms with Crippen molar-refractivity contribution in [2.45, 2.75) is 77.8 Å². The Morgan fingerprint density at radius 1 is 1.00 bits per heavy atom. The van der Waals surface area contributed by atoms with Gasteiger partial charge < -0.3 is 5.73 Å². The van der Waals surface area contributed by atoms with E-state index in [1.165, 1.54) is 51.6 Å². The maximum atomic E-state index is 6.72. The average Bonchev–Trinajstić information content (AvgIpc) is 2.42. The van der Waals surface area contributed by atoms with Crippen molar-refractivity contribution in [2.75, 3.05) is 13.1 Å². The third-order valence-corrected chi connectivity index (χ3v) is 6.13. The first-order chi connectivity index (χ1) is 8.93. The summed E-state index contributed by atoms with van der Waals surface area (Å²) in [5.41, 5.74) is 6.90. The fourth-order valence-corrected chi connectivity index (χ4v) is 4.17. The second-order valence-corrected chi connectivity index (χ2v) is 7.75. The Kier molecular flexibility index (Phi) is 4.94. The van der Waals surface area contributed by atoms with Crippen LogP contribution in [0.3, 0.4) is 0 Å². The number of piperidine rings is 1. The third kappa shape index (κ3) is 3.33. The first-order valence-corrected chi connectivity index (χ1v) is 8.43. The fourth-order valence-electron chi connectivity index (χ4n) is 4.17. The quantitative estimate of drug-likeness (QED) is 0.845. The minimum absolute atomic E-state index is 0.172. The van der Waals surface area contributed by atoms with E-state index in [9.17, 15) is 0 Å². The van der Waals surface area contributed by atoms with E-state index in [-0.39, 0.29) is 5.54 Å². The molecule has 0 radical (unpaired) electrons. The van der Waals surface area contributed by atoms with E-state index in [4.69, 9.17) is 5.73 Å². The van der Waals surface area contributed by atoms with Crippen molar-refractivity contribution in [3.63, 3.8) is 0 Å². The fraction of sp³-hybridized carbons (Fsp3) is 1.00. The Balaban J connectivity index is 1.98. The van der Waals surface area contributed by atoms with Gasteiger partial charge in [-0.3, -0.25) is 4.90 Å². The lowest BCUT2D eigenvalue weighted by Crippen LogP contribution is -2.60. The minimum atomic E-state index is 0.172. The van der Waals surface area contributed by atoms with Gasteiger partial charge in [0.05, 0.1) is 0 Å². The van der Waals surface area contributed by atoms with Gasteiger partial charge >= 0.3 is 0 Å². The molecule has 2 fully saturated rings. The molecule has 1 saturated heterocycles. The van der Waals surface area contributed by atoms with E-state index in [1.54, 1.807) is 0 Å². The first kappa shape index (κ1) is 15.3. The maximum absolute atomic E-state index is 6.72. The number of likely N-dealkylation sites (tertiary alicyclic amines) is 1. The molecule has 2 aliphatic rings. The molecule has 1 aliphatic heterocycles. The molecule has 1 saturated carbocycles. The number of hydrogen-bond acceptors (Lipinski definition) is 2. The summed E-state index contributed by atoms with van der Waals surface area (Å²) >= 11 is 0. The molecular formula is C17H34N2. The third-order valence-electron chi connectivity index (χ3n) is 6.13. The van der Waals surface area contributed by atoms with Gasteiger partial charge in [-0.15, -0.1) is 0 Å². The van der Waals surface area contributed by atoms with Gasteiger partial charge in [0.15, 0.2) is 0 Å². The van der Waals surface area contributed by atoms with Crippen molar-refractivity contribution in [3.05, 3.63) is 0 Å². The lowest BCUT2D eigenvalue weighted by molar-refractivity contribution is 0.0370. The standard InChI is InChI=1S/C17H34N2/c1-13-8-9-15(12-14(13)2)16(18)17(3,4)19-10-6-5-7-11-19/h13-16H,5-12,18H2,1-4H3. The molecule has 4 unspecified atom stereocenters. The van der Waals surface area contributed by atoms with Crippen LogP contribution < -0.4 is 5.73 Å². The molecule has 19 heavy (non-hydrogen) atoms. The monoisotopic (exact) mass is 266 g/mol. The van der Waals surface area contributed by atoms with Crippen LogP contribution in [0.5, 0.6) is 0 Å². The summed E-state index contributed by atoms with van der Waals surface area (Å²) in [6.07, 6.45) is 8.15. The zero-order valence-corrected chi connectivity index (χ0v) is 13.5. The maximum Gasteiger partial charge on any atom is 0.0306 e.